The summed E-state index contributed by atoms with van der Waals surface area (Å²) >= 11 is 5.97. The second-order valence-electron chi connectivity index (χ2n) is 4.36. The van der Waals surface area contributed by atoms with E-state index in [9.17, 15) is 9.18 Å². The lowest BCUT2D eigenvalue weighted by Gasteiger charge is -2.16. The van der Waals surface area contributed by atoms with E-state index in [1.165, 1.54) is 6.07 Å². The summed E-state index contributed by atoms with van der Waals surface area (Å²) in [6, 6.07) is 6.09. The van der Waals surface area contributed by atoms with Crippen molar-refractivity contribution in [2.75, 3.05) is 5.32 Å². The van der Waals surface area contributed by atoms with E-state index < -0.39 is 11.7 Å². The van der Waals surface area contributed by atoms with Crippen molar-refractivity contribution < 1.29 is 9.18 Å². The molecule has 1 atom stereocenters. The topological polar surface area (TPSA) is 68.0 Å². The van der Waals surface area contributed by atoms with Gasteiger partial charge in [0.1, 0.15) is 5.82 Å². The van der Waals surface area contributed by atoms with Gasteiger partial charge in [-0.05, 0) is 36.8 Å². The normalized spacial score (nSPS) is 11.9. The van der Waals surface area contributed by atoms with Crippen LogP contribution in [0.1, 0.15) is 28.9 Å². The monoisotopic (exact) mass is 293 g/mol. The Morgan fingerprint density at radius 2 is 2.15 bits per heavy atom. The van der Waals surface area contributed by atoms with Gasteiger partial charge >= 0.3 is 0 Å². The fraction of sp³-hybridized carbons (Fsp3) is 0.143. The van der Waals surface area contributed by atoms with Crippen molar-refractivity contribution in [1.29, 1.82) is 0 Å². The molecule has 20 heavy (non-hydrogen) atoms. The second kappa shape index (κ2) is 5.88. The molecule has 0 bridgehead atoms. The minimum absolute atomic E-state index is 0.159. The Kier molecular flexibility index (Phi) is 4.20. The Labute approximate surface area is 120 Å². The van der Waals surface area contributed by atoms with Crippen LogP contribution in [0.5, 0.6) is 0 Å². The molecule has 1 aromatic heterocycles. The smallest absolute Gasteiger partial charge is 0.250 e. The zero-order chi connectivity index (χ0) is 14.7. The third-order valence-corrected chi connectivity index (χ3v) is 3.16. The second-order valence-corrected chi connectivity index (χ2v) is 4.77. The summed E-state index contributed by atoms with van der Waals surface area (Å²) in [6.07, 6.45) is 2.73. The van der Waals surface area contributed by atoms with Crippen LogP contribution >= 0.6 is 11.6 Å². The molecule has 0 aliphatic rings. The molecule has 0 aliphatic heterocycles. The largest absolute Gasteiger partial charge is 0.378 e. The third-order valence-electron chi connectivity index (χ3n) is 2.84. The number of halogens is 2. The predicted octanol–water partition coefficient (Wildman–Crippen LogP) is 3.15. The molecule has 0 saturated carbocycles. The van der Waals surface area contributed by atoms with Crippen LogP contribution in [0.2, 0.25) is 5.02 Å². The molecule has 4 nitrogen and oxygen atoms in total. The van der Waals surface area contributed by atoms with Gasteiger partial charge in [0.15, 0.2) is 0 Å². The fourth-order valence-corrected chi connectivity index (χ4v) is 2.08. The van der Waals surface area contributed by atoms with Crippen LogP contribution in [0.3, 0.4) is 0 Å². The van der Waals surface area contributed by atoms with E-state index >= 15 is 0 Å². The molecule has 1 aromatic carbocycles. The highest BCUT2D eigenvalue weighted by Crippen LogP contribution is 2.24. The van der Waals surface area contributed by atoms with Gasteiger partial charge in [0.25, 0.3) is 0 Å². The van der Waals surface area contributed by atoms with E-state index in [0.29, 0.717) is 11.3 Å². The van der Waals surface area contributed by atoms with E-state index in [-0.39, 0.29) is 16.6 Å². The molecule has 1 heterocycles. The number of aromatic nitrogens is 1. The van der Waals surface area contributed by atoms with E-state index in [2.05, 4.69) is 10.3 Å². The molecule has 104 valence electrons. The van der Waals surface area contributed by atoms with Gasteiger partial charge in [0.05, 0.1) is 22.8 Å². The number of nitrogens with one attached hydrogen (secondary N) is 1. The summed E-state index contributed by atoms with van der Waals surface area (Å²) in [5, 5.41) is 3.42. The first-order valence-corrected chi connectivity index (χ1v) is 6.31. The van der Waals surface area contributed by atoms with Crippen molar-refractivity contribution in [3.63, 3.8) is 0 Å². The van der Waals surface area contributed by atoms with Crippen molar-refractivity contribution in [3.8, 4) is 0 Å². The number of primary amides is 1. The Morgan fingerprint density at radius 3 is 2.75 bits per heavy atom. The molecule has 0 fully saturated rings. The lowest BCUT2D eigenvalue weighted by Crippen LogP contribution is -2.12. The number of carbonyl (C=O) groups excluding carboxylic acids is 1. The summed E-state index contributed by atoms with van der Waals surface area (Å²) in [5.74, 6) is -0.970. The lowest BCUT2D eigenvalue weighted by atomic mass is 10.1. The standard InChI is InChI=1S/C14H13ClFN3O/c1-8(9-4-10(16)7-18-6-9)19-11-2-3-12(14(17)20)13(15)5-11/h2-8,19H,1H3,(H2,17,20). The van der Waals surface area contributed by atoms with Gasteiger partial charge < -0.3 is 11.1 Å². The molecule has 3 N–H and O–H groups in total. The van der Waals surface area contributed by atoms with Crippen molar-refractivity contribution in [1.82, 2.24) is 4.98 Å². The van der Waals surface area contributed by atoms with Crippen molar-refractivity contribution in [2.24, 2.45) is 5.73 Å². The SMILES string of the molecule is CC(Nc1ccc(C(N)=O)c(Cl)c1)c1cncc(F)c1. The Balaban J connectivity index is 2.18. The van der Waals surface area contributed by atoms with Crippen LogP contribution in [0.25, 0.3) is 0 Å². The van der Waals surface area contributed by atoms with E-state index in [1.54, 1.807) is 24.4 Å². The molecule has 1 unspecified atom stereocenters. The molecule has 6 heteroatoms. The molecule has 2 aromatic rings. The third kappa shape index (κ3) is 3.24. The minimum atomic E-state index is -0.580. The first-order chi connectivity index (χ1) is 9.47. The van der Waals surface area contributed by atoms with Gasteiger partial charge in [-0.1, -0.05) is 11.6 Å². The van der Waals surface area contributed by atoms with Gasteiger partial charge in [-0.15, -0.1) is 0 Å². The molecule has 0 aliphatic carbocycles. The van der Waals surface area contributed by atoms with Gasteiger partial charge in [0.2, 0.25) is 5.91 Å². The minimum Gasteiger partial charge on any atom is -0.378 e. The summed E-state index contributed by atoms with van der Waals surface area (Å²) in [7, 11) is 0. The van der Waals surface area contributed by atoms with Crippen LogP contribution in [0.15, 0.2) is 36.7 Å². The molecule has 2 rings (SSSR count). The van der Waals surface area contributed by atoms with Crippen LogP contribution < -0.4 is 11.1 Å². The highest BCUT2D eigenvalue weighted by molar-refractivity contribution is 6.34. The van der Waals surface area contributed by atoms with Crippen LogP contribution in [-0.4, -0.2) is 10.9 Å². The maximum Gasteiger partial charge on any atom is 0.250 e. The number of rotatable bonds is 4. The summed E-state index contributed by atoms with van der Waals surface area (Å²) in [5.41, 5.74) is 6.86. The number of hydrogen-bond acceptors (Lipinski definition) is 3. The Bertz CT molecular complexity index is 648. The zero-order valence-corrected chi connectivity index (χ0v) is 11.5. The summed E-state index contributed by atoms with van der Waals surface area (Å²) < 4.78 is 13.1. The number of hydrogen-bond donors (Lipinski definition) is 2. The number of benzene rings is 1. The van der Waals surface area contributed by atoms with E-state index in [4.69, 9.17) is 17.3 Å². The summed E-state index contributed by atoms with van der Waals surface area (Å²) in [6.45, 7) is 1.87. The lowest BCUT2D eigenvalue weighted by molar-refractivity contribution is 0.100. The molecular weight excluding hydrogens is 281 g/mol. The average molecular weight is 294 g/mol. The number of anilines is 1. The van der Waals surface area contributed by atoms with E-state index in [0.717, 1.165) is 6.20 Å². The quantitative estimate of drug-likeness (QED) is 0.910. The predicted molar refractivity (Wildman–Crippen MR) is 76.2 cm³/mol. The van der Waals surface area contributed by atoms with Gasteiger partial charge in [0, 0.05) is 11.9 Å². The molecule has 0 radical (unpaired) electrons. The van der Waals surface area contributed by atoms with Crippen molar-refractivity contribution >= 4 is 23.2 Å². The fourth-order valence-electron chi connectivity index (χ4n) is 1.80. The maximum atomic E-state index is 13.1. The van der Waals surface area contributed by atoms with E-state index in [1.807, 2.05) is 6.92 Å². The Morgan fingerprint density at radius 1 is 1.40 bits per heavy atom. The van der Waals surface area contributed by atoms with Crippen molar-refractivity contribution in [2.45, 2.75) is 13.0 Å². The van der Waals surface area contributed by atoms with Crippen LogP contribution in [0, 0.1) is 5.82 Å². The van der Waals surface area contributed by atoms with Crippen LogP contribution in [-0.2, 0) is 0 Å². The average Bonchev–Trinajstić information content (AvgIpc) is 2.38. The first kappa shape index (κ1) is 14.3. The molecule has 0 spiro atoms. The molecular formula is C14H13ClFN3O. The number of amides is 1. The van der Waals surface area contributed by atoms with Gasteiger partial charge in [-0.3, -0.25) is 9.78 Å². The molecule has 1 amide bonds. The number of pyridine rings is 1. The van der Waals surface area contributed by atoms with Crippen LogP contribution in [0.4, 0.5) is 10.1 Å². The molecule has 0 saturated heterocycles. The van der Waals surface area contributed by atoms with Crippen molar-refractivity contribution in [3.05, 3.63) is 58.6 Å². The van der Waals surface area contributed by atoms with Gasteiger partial charge in [-0.25, -0.2) is 4.39 Å². The maximum absolute atomic E-state index is 13.1. The first-order valence-electron chi connectivity index (χ1n) is 5.93. The Hall–Kier alpha value is -2.14. The zero-order valence-electron chi connectivity index (χ0n) is 10.7. The number of carbonyl (C=O) groups is 1. The summed E-state index contributed by atoms with van der Waals surface area (Å²) in [4.78, 5) is 14.9. The van der Waals surface area contributed by atoms with Gasteiger partial charge in [-0.2, -0.15) is 0 Å². The highest BCUT2D eigenvalue weighted by atomic mass is 35.5. The highest BCUT2D eigenvalue weighted by Gasteiger charge is 2.10. The number of nitrogens with zero attached hydrogens (tertiary/aromatic N) is 1. The number of nitrogens with two attached hydrogens (primary N) is 1.